The highest BCUT2D eigenvalue weighted by molar-refractivity contribution is 5.99. The highest BCUT2D eigenvalue weighted by Gasteiger charge is 2.30. The molecule has 2 aromatic carbocycles. The molecule has 0 bridgehead atoms. The van der Waals surface area contributed by atoms with E-state index >= 15 is 0 Å². The zero-order valence-corrected chi connectivity index (χ0v) is 17.8. The number of nitrogens with zero attached hydrogens (tertiary/aromatic N) is 3. The third kappa shape index (κ3) is 4.17. The predicted molar refractivity (Wildman–Crippen MR) is 115 cm³/mol. The largest absolute Gasteiger partial charge is 0.493 e. The van der Waals surface area contributed by atoms with Gasteiger partial charge < -0.3 is 19.3 Å². The van der Waals surface area contributed by atoms with Crippen molar-refractivity contribution in [3.8, 4) is 11.5 Å². The molecule has 1 aliphatic rings. The van der Waals surface area contributed by atoms with Crippen molar-refractivity contribution in [2.24, 2.45) is 0 Å². The van der Waals surface area contributed by atoms with E-state index < -0.39 is 4.92 Å². The highest BCUT2D eigenvalue weighted by Crippen LogP contribution is 2.35. The van der Waals surface area contributed by atoms with Crippen molar-refractivity contribution in [3.05, 3.63) is 57.1 Å². The molecule has 1 amide bonds. The molecule has 160 valence electrons. The molecular formula is C22H27N3O5. The van der Waals surface area contributed by atoms with Crippen molar-refractivity contribution in [1.29, 1.82) is 0 Å². The molecule has 0 unspecified atom stereocenters. The minimum absolute atomic E-state index is 0.0180. The number of carbonyl (C=O) groups is 1. The van der Waals surface area contributed by atoms with E-state index in [0.717, 1.165) is 5.69 Å². The number of ether oxygens (including phenoxy) is 2. The van der Waals surface area contributed by atoms with E-state index in [1.807, 2.05) is 6.07 Å². The summed E-state index contributed by atoms with van der Waals surface area (Å²) in [6.07, 6.45) is 0. The summed E-state index contributed by atoms with van der Waals surface area (Å²) in [4.78, 5) is 28.1. The maximum Gasteiger partial charge on any atom is 0.286 e. The molecule has 0 aromatic heterocycles. The molecule has 8 heteroatoms. The minimum Gasteiger partial charge on any atom is -0.493 e. The first-order valence-electron chi connectivity index (χ1n) is 9.97. The Kier molecular flexibility index (Phi) is 6.44. The van der Waals surface area contributed by atoms with Crippen LogP contribution < -0.4 is 14.4 Å². The number of benzene rings is 2. The minimum atomic E-state index is -0.558. The molecule has 30 heavy (non-hydrogen) atoms. The first-order chi connectivity index (χ1) is 14.4. The van der Waals surface area contributed by atoms with E-state index in [1.165, 1.54) is 30.4 Å². The second-order valence-electron chi connectivity index (χ2n) is 7.21. The molecular weight excluding hydrogens is 386 g/mol. The monoisotopic (exact) mass is 413 g/mol. The van der Waals surface area contributed by atoms with Gasteiger partial charge in [0.25, 0.3) is 11.6 Å². The lowest BCUT2D eigenvalue weighted by atomic mass is 10.1. The molecule has 0 saturated carbocycles. The molecule has 2 aromatic rings. The van der Waals surface area contributed by atoms with Gasteiger partial charge in [0.2, 0.25) is 0 Å². The molecule has 1 fully saturated rings. The van der Waals surface area contributed by atoms with Crippen molar-refractivity contribution >= 4 is 17.3 Å². The van der Waals surface area contributed by atoms with E-state index in [9.17, 15) is 14.9 Å². The lowest BCUT2D eigenvalue weighted by Crippen LogP contribution is -2.49. The molecule has 0 atom stereocenters. The Morgan fingerprint density at radius 2 is 1.83 bits per heavy atom. The van der Waals surface area contributed by atoms with Crippen LogP contribution in [0, 0.1) is 24.0 Å². The Morgan fingerprint density at radius 1 is 1.13 bits per heavy atom. The molecule has 1 aliphatic heterocycles. The second kappa shape index (κ2) is 9.02. The summed E-state index contributed by atoms with van der Waals surface area (Å²) in [5.41, 5.74) is 3.35. The standard InChI is InChI=1S/C22H27N3O5/c1-5-30-21-13-17(19(25(27)28)14-20(21)29-4)22(26)24-11-9-23(10-12-24)18-8-6-7-15(2)16(18)3/h6-8,13-14H,5,9-12H2,1-4H3. The molecule has 0 spiro atoms. The number of rotatable bonds is 6. The average Bonchev–Trinajstić information content (AvgIpc) is 2.75. The van der Waals surface area contributed by atoms with Crippen LogP contribution in [-0.4, -0.2) is 55.6 Å². The third-order valence-corrected chi connectivity index (χ3v) is 5.49. The van der Waals surface area contributed by atoms with Gasteiger partial charge in [-0.05, 0) is 38.0 Å². The molecule has 1 saturated heterocycles. The van der Waals surface area contributed by atoms with Crippen molar-refractivity contribution in [2.75, 3.05) is 44.8 Å². The maximum atomic E-state index is 13.2. The molecule has 8 nitrogen and oxygen atoms in total. The summed E-state index contributed by atoms with van der Waals surface area (Å²) < 4.78 is 10.7. The van der Waals surface area contributed by atoms with Crippen molar-refractivity contribution in [1.82, 2.24) is 4.90 Å². The normalized spacial score (nSPS) is 13.9. The van der Waals surface area contributed by atoms with Crippen molar-refractivity contribution < 1.29 is 19.2 Å². The first-order valence-corrected chi connectivity index (χ1v) is 9.97. The van der Waals surface area contributed by atoms with Gasteiger partial charge in [0, 0.05) is 37.9 Å². The van der Waals surface area contributed by atoms with E-state index in [4.69, 9.17) is 9.47 Å². The fraction of sp³-hybridized carbons (Fsp3) is 0.409. The first kappa shape index (κ1) is 21.4. The smallest absolute Gasteiger partial charge is 0.286 e. The average molecular weight is 413 g/mol. The van der Waals surface area contributed by atoms with Crippen molar-refractivity contribution in [3.63, 3.8) is 0 Å². The topological polar surface area (TPSA) is 85.2 Å². The summed E-state index contributed by atoms with van der Waals surface area (Å²) in [5.74, 6) is 0.189. The van der Waals surface area contributed by atoms with Gasteiger partial charge in [0.15, 0.2) is 11.5 Å². The quantitative estimate of drug-likeness (QED) is 0.532. The van der Waals surface area contributed by atoms with Crippen LogP contribution in [0.2, 0.25) is 0 Å². The van der Waals surface area contributed by atoms with E-state index in [-0.39, 0.29) is 22.9 Å². The summed E-state index contributed by atoms with van der Waals surface area (Å²) in [7, 11) is 1.41. The van der Waals surface area contributed by atoms with Crippen LogP contribution in [0.3, 0.4) is 0 Å². The Hall–Kier alpha value is -3.29. The van der Waals surface area contributed by atoms with Crippen LogP contribution in [-0.2, 0) is 0 Å². The number of carbonyl (C=O) groups excluding carboxylic acids is 1. The van der Waals surface area contributed by atoms with E-state index in [1.54, 1.807) is 11.8 Å². The summed E-state index contributed by atoms with van der Waals surface area (Å²) in [5, 5.41) is 11.6. The van der Waals surface area contributed by atoms with Crippen LogP contribution in [0.4, 0.5) is 11.4 Å². The highest BCUT2D eigenvalue weighted by atomic mass is 16.6. The van der Waals surface area contributed by atoms with Gasteiger partial charge in [-0.25, -0.2) is 0 Å². The number of hydrogen-bond acceptors (Lipinski definition) is 6. The van der Waals surface area contributed by atoms with Crippen LogP contribution in [0.1, 0.15) is 28.4 Å². The summed E-state index contributed by atoms with van der Waals surface area (Å²) >= 11 is 0. The molecule has 0 N–H and O–H groups in total. The molecule has 0 radical (unpaired) electrons. The fourth-order valence-corrected chi connectivity index (χ4v) is 3.70. The van der Waals surface area contributed by atoms with Gasteiger partial charge in [-0.3, -0.25) is 14.9 Å². The van der Waals surface area contributed by atoms with Crippen LogP contribution in [0.25, 0.3) is 0 Å². The zero-order valence-electron chi connectivity index (χ0n) is 17.8. The SMILES string of the molecule is CCOc1cc(C(=O)N2CCN(c3cccc(C)c3C)CC2)c([N+](=O)[O-])cc1OC. The maximum absolute atomic E-state index is 13.2. The number of nitro benzene ring substituents is 1. The van der Waals surface area contributed by atoms with Gasteiger partial charge in [0.1, 0.15) is 5.56 Å². The Bertz CT molecular complexity index is 952. The van der Waals surface area contributed by atoms with Crippen LogP contribution in [0.5, 0.6) is 11.5 Å². The number of methoxy groups -OCH3 is 1. The number of hydrogen-bond donors (Lipinski definition) is 0. The van der Waals surface area contributed by atoms with Gasteiger partial charge in [0.05, 0.1) is 24.7 Å². The van der Waals surface area contributed by atoms with Gasteiger partial charge in [-0.2, -0.15) is 0 Å². The Balaban J connectivity index is 1.83. The Labute approximate surface area is 176 Å². The van der Waals surface area contributed by atoms with Gasteiger partial charge in [-0.1, -0.05) is 12.1 Å². The van der Waals surface area contributed by atoms with Gasteiger partial charge in [-0.15, -0.1) is 0 Å². The number of nitro groups is 1. The molecule has 3 rings (SSSR count). The molecule has 1 heterocycles. The van der Waals surface area contributed by atoms with E-state index in [2.05, 4.69) is 30.9 Å². The lowest BCUT2D eigenvalue weighted by molar-refractivity contribution is -0.385. The van der Waals surface area contributed by atoms with Gasteiger partial charge >= 0.3 is 0 Å². The van der Waals surface area contributed by atoms with Crippen LogP contribution in [0.15, 0.2) is 30.3 Å². The number of anilines is 1. The third-order valence-electron chi connectivity index (χ3n) is 5.49. The van der Waals surface area contributed by atoms with Crippen LogP contribution >= 0.6 is 0 Å². The summed E-state index contributed by atoms with van der Waals surface area (Å²) in [6.45, 7) is 8.63. The number of piperazine rings is 1. The lowest BCUT2D eigenvalue weighted by Gasteiger charge is -2.37. The summed E-state index contributed by atoms with van der Waals surface area (Å²) in [6, 6.07) is 8.87. The van der Waals surface area contributed by atoms with E-state index in [0.29, 0.717) is 38.5 Å². The molecule has 0 aliphatic carbocycles. The second-order valence-corrected chi connectivity index (χ2v) is 7.21. The van der Waals surface area contributed by atoms with Crippen molar-refractivity contribution in [2.45, 2.75) is 20.8 Å². The Morgan fingerprint density at radius 3 is 2.43 bits per heavy atom. The zero-order chi connectivity index (χ0) is 21.8. The number of aryl methyl sites for hydroxylation is 1. The predicted octanol–water partition coefficient (Wildman–Crippen LogP) is 3.58. The number of amides is 1. The fourth-order valence-electron chi connectivity index (χ4n) is 3.70.